The molecule has 0 N–H and O–H groups in total. The van der Waals surface area contributed by atoms with Crippen LogP contribution < -0.4 is 0 Å². The van der Waals surface area contributed by atoms with Crippen LogP contribution in [0.4, 0.5) is 0 Å². The molecule has 0 unspecified atom stereocenters. The maximum atomic E-state index is 4.11. The van der Waals surface area contributed by atoms with Crippen LogP contribution in [0.25, 0.3) is 0 Å². The van der Waals surface area contributed by atoms with Gasteiger partial charge in [0.1, 0.15) is 0 Å². The third-order valence-corrected chi connectivity index (χ3v) is 2.12. The van der Waals surface area contributed by atoms with Crippen LogP contribution in [0.5, 0.6) is 0 Å². The fourth-order valence-corrected chi connectivity index (χ4v) is 1.32. The molecule has 48 valence electrons. The molecule has 8 heavy (non-hydrogen) atoms. The molecule has 0 heterocycles. The van der Waals surface area contributed by atoms with E-state index >= 15 is 0 Å². The Kier molecular flexibility index (Phi) is 8.00. The molecular weight excluding hydrogens is 248 g/mol. The average Bonchev–Trinajstić information content (AvgIpc) is 1.66. The minimum absolute atomic E-state index is 1.03. The third kappa shape index (κ3) is 7.57. The molecule has 0 aromatic carbocycles. The van der Waals surface area contributed by atoms with E-state index in [0.717, 1.165) is 5.75 Å². The number of rotatable bonds is 4. The van der Waals surface area contributed by atoms with Crippen LogP contribution in [0.2, 0.25) is 0 Å². The lowest BCUT2D eigenvalue weighted by molar-refractivity contribution is 0.680. The van der Waals surface area contributed by atoms with Crippen molar-refractivity contribution in [3.63, 3.8) is 0 Å². The lowest BCUT2D eigenvalue weighted by Gasteiger charge is -2.05. The molecule has 0 saturated heterocycles. The monoisotopic (exact) mass is 259 g/mol. The van der Waals surface area contributed by atoms with Crippen LogP contribution in [-0.2, 0) is 0 Å². The maximum Gasteiger partial charge on any atom is 0.335 e. The van der Waals surface area contributed by atoms with E-state index in [4.69, 9.17) is 0 Å². The molecule has 4 heteroatoms. The first kappa shape index (κ1) is 9.57. The van der Waals surface area contributed by atoms with Gasteiger partial charge in [-0.25, -0.2) is 0 Å². The van der Waals surface area contributed by atoms with E-state index < -0.39 is 0 Å². The summed E-state index contributed by atoms with van der Waals surface area (Å²) < 4.78 is 2.31. The Labute approximate surface area is 78.7 Å². The molecule has 0 bridgehead atoms. The maximum absolute atomic E-state index is 4.11. The van der Waals surface area contributed by atoms with Gasteiger partial charge in [0.15, 0.2) is 0 Å². The average molecular weight is 259 g/mol. The zero-order valence-electron chi connectivity index (χ0n) is 5.10. The number of hydrogen-bond acceptors (Lipinski definition) is 2. The predicted octanol–water partition coefficient (Wildman–Crippen LogP) is 0.896. The normalized spacial score (nSPS) is 10.4. The lowest BCUT2D eigenvalue weighted by Crippen LogP contribution is -2.07. The topological polar surface area (TPSA) is 3.24 Å². The quantitative estimate of drug-likeness (QED) is 0.258. The summed E-state index contributed by atoms with van der Waals surface area (Å²) in [5.41, 5.74) is 0. The third-order valence-electron chi connectivity index (χ3n) is 0.874. The number of nitrogens with zero attached hydrogens (tertiary/aromatic N) is 1. The van der Waals surface area contributed by atoms with Crippen LogP contribution in [0.3, 0.4) is 0 Å². The summed E-state index contributed by atoms with van der Waals surface area (Å²) in [6, 6.07) is 0. The summed E-state index contributed by atoms with van der Waals surface area (Å²) in [5, 5.41) is 0. The zero-order chi connectivity index (χ0) is 6.41. The number of halogens is 1. The molecule has 0 saturated carbocycles. The molecule has 0 spiro atoms. The summed E-state index contributed by atoms with van der Waals surface area (Å²) in [6.07, 6.45) is 2.56. The number of thiol groups is 1. The molecule has 0 rings (SSSR count). The van der Waals surface area contributed by atoms with E-state index in [1.807, 2.05) is 0 Å². The van der Waals surface area contributed by atoms with Gasteiger partial charge >= 0.3 is 16.5 Å². The Morgan fingerprint density at radius 1 is 1.50 bits per heavy atom. The Hall–Kier alpha value is 1.57. The SMILES string of the molecule is [AlH2][N](I)CCCCS. The molecule has 0 aliphatic carbocycles. The van der Waals surface area contributed by atoms with E-state index in [1.54, 1.807) is 0 Å². The summed E-state index contributed by atoms with van der Waals surface area (Å²) in [4.78, 5) is 0. The van der Waals surface area contributed by atoms with Crippen molar-refractivity contribution >= 4 is 52.0 Å². The Bertz CT molecular complexity index is 53.3. The molecule has 0 fully saturated rings. The molecular formula is C4H11AlINS. The van der Waals surface area contributed by atoms with Crippen molar-refractivity contribution in [3.05, 3.63) is 0 Å². The van der Waals surface area contributed by atoms with Crippen LogP contribution in [0.1, 0.15) is 12.8 Å². The highest BCUT2D eigenvalue weighted by molar-refractivity contribution is 14.1. The standard InChI is InChI=1S/C4H9INS.Al.2H/c5-6-3-1-2-4-7;;;/h7H,1-4H2;;;/q-1;+1;;. The Balaban J connectivity index is 2.72. The van der Waals surface area contributed by atoms with Crippen molar-refractivity contribution < 1.29 is 0 Å². The second kappa shape index (κ2) is 6.69. The van der Waals surface area contributed by atoms with Gasteiger partial charge < -0.3 is 2.10 Å². The summed E-state index contributed by atoms with van der Waals surface area (Å²) in [6.45, 7) is 1.24. The molecule has 0 atom stereocenters. The highest BCUT2D eigenvalue weighted by Gasteiger charge is 1.88. The van der Waals surface area contributed by atoms with Crippen molar-refractivity contribution in [3.8, 4) is 0 Å². The van der Waals surface area contributed by atoms with Crippen LogP contribution >= 0.6 is 35.5 Å². The molecule has 0 aliphatic rings. The van der Waals surface area contributed by atoms with Crippen molar-refractivity contribution in [2.24, 2.45) is 0 Å². The van der Waals surface area contributed by atoms with Gasteiger partial charge in [-0.1, -0.05) is 0 Å². The van der Waals surface area contributed by atoms with Gasteiger partial charge in [-0.3, -0.25) is 0 Å². The lowest BCUT2D eigenvalue weighted by atomic mass is 10.3. The summed E-state index contributed by atoms with van der Waals surface area (Å²) in [7, 11) is 0. The first-order valence-electron chi connectivity index (χ1n) is 2.75. The Morgan fingerprint density at radius 3 is 2.50 bits per heavy atom. The van der Waals surface area contributed by atoms with Crippen LogP contribution in [0, 0.1) is 0 Å². The molecule has 0 aliphatic heterocycles. The van der Waals surface area contributed by atoms with E-state index in [0.29, 0.717) is 0 Å². The van der Waals surface area contributed by atoms with Crippen LogP contribution in [-0.4, -0.2) is 30.9 Å². The van der Waals surface area contributed by atoms with E-state index in [9.17, 15) is 0 Å². The van der Waals surface area contributed by atoms with Gasteiger partial charge in [-0.2, -0.15) is 12.6 Å². The first-order valence-corrected chi connectivity index (χ1v) is 5.24. The highest BCUT2D eigenvalue weighted by atomic mass is 127. The van der Waals surface area contributed by atoms with Gasteiger partial charge in [0, 0.05) is 0 Å². The molecule has 0 aromatic rings. The molecule has 0 radical (unpaired) electrons. The minimum Gasteiger partial charge on any atom is -0.336 e. The largest absolute Gasteiger partial charge is 0.336 e. The highest BCUT2D eigenvalue weighted by Crippen LogP contribution is 1.97. The van der Waals surface area contributed by atoms with E-state index in [1.165, 1.54) is 35.9 Å². The van der Waals surface area contributed by atoms with Gasteiger partial charge in [0.25, 0.3) is 0 Å². The van der Waals surface area contributed by atoms with Crippen LogP contribution in [0.15, 0.2) is 0 Å². The second-order valence-corrected chi connectivity index (χ2v) is 6.75. The minimum atomic E-state index is 1.03. The predicted molar refractivity (Wildman–Crippen MR) is 52.4 cm³/mol. The molecule has 0 amide bonds. The van der Waals surface area contributed by atoms with Gasteiger partial charge in [0.2, 0.25) is 0 Å². The smallest absolute Gasteiger partial charge is 0.335 e. The number of unbranched alkanes of at least 4 members (excludes halogenated alkanes) is 1. The fourth-order valence-electron chi connectivity index (χ4n) is 0.441. The number of hydrogen-bond donors (Lipinski definition) is 1. The van der Waals surface area contributed by atoms with Gasteiger partial charge in [-0.05, 0) is 48.0 Å². The fraction of sp³-hybridized carbons (Fsp3) is 1.00. The van der Waals surface area contributed by atoms with Crippen molar-refractivity contribution in [1.82, 2.24) is 2.10 Å². The summed E-state index contributed by atoms with van der Waals surface area (Å²) >= 11 is 7.65. The van der Waals surface area contributed by atoms with E-state index in [2.05, 4.69) is 37.6 Å². The molecule has 0 aromatic heterocycles. The Morgan fingerprint density at radius 2 is 2.12 bits per heavy atom. The summed E-state index contributed by atoms with van der Waals surface area (Å²) in [5.74, 6) is 1.03. The molecule has 1 nitrogen and oxygen atoms in total. The van der Waals surface area contributed by atoms with Crippen molar-refractivity contribution in [2.75, 3.05) is 12.3 Å². The van der Waals surface area contributed by atoms with Gasteiger partial charge in [-0.15, -0.1) is 0 Å². The van der Waals surface area contributed by atoms with Crippen molar-refractivity contribution in [2.45, 2.75) is 12.8 Å². The second-order valence-electron chi connectivity index (χ2n) is 1.76. The zero-order valence-corrected chi connectivity index (χ0v) is 10.2. The van der Waals surface area contributed by atoms with Crippen molar-refractivity contribution in [1.29, 1.82) is 0 Å². The first-order chi connectivity index (χ1) is 3.77. The van der Waals surface area contributed by atoms with Gasteiger partial charge in [0.05, 0.1) is 0 Å². The van der Waals surface area contributed by atoms with E-state index in [-0.39, 0.29) is 0 Å².